The van der Waals surface area contributed by atoms with Crippen molar-refractivity contribution in [3.63, 3.8) is 0 Å². The van der Waals surface area contributed by atoms with Gasteiger partial charge >= 0.3 is 0 Å². The molecule has 2 rings (SSSR count). The molecule has 2 heteroatoms. The van der Waals surface area contributed by atoms with Gasteiger partial charge in [-0.1, -0.05) is 50.4 Å². The second-order valence-electron chi connectivity index (χ2n) is 6.42. The van der Waals surface area contributed by atoms with E-state index in [0.29, 0.717) is 5.41 Å². The van der Waals surface area contributed by atoms with Gasteiger partial charge in [0.2, 0.25) is 0 Å². The van der Waals surface area contributed by atoms with Gasteiger partial charge in [-0.15, -0.1) is 0 Å². The monoisotopic (exact) mass is 293 g/mol. The molecule has 0 heterocycles. The fourth-order valence-electron chi connectivity index (χ4n) is 2.95. The summed E-state index contributed by atoms with van der Waals surface area (Å²) in [6.07, 6.45) is 9.02. The average Bonchev–Trinajstić information content (AvgIpc) is 3.26. The molecule has 1 saturated carbocycles. The van der Waals surface area contributed by atoms with E-state index < -0.39 is 0 Å². The maximum Gasteiger partial charge on any atom is 0.0408 e. The van der Waals surface area contributed by atoms with E-state index in [1.54, 1.807) is 0 Å². The van der Waals surface area contributed by atoms with Crippen LogP contribution < -0.4 is 5.32 Å². The average molecular weight is 294 g/mol. The van der Waals surface area contributed by atoms with Crippen molar-refractivity contribution < 1.29 is 0 Å². The van der Waals surface area contributed by atoms with Gasteiger partial charge in [-0.3, -0.25) is 0 Å². The molecule has 1 aliphatic rings. The Morgan fingerprint density at radius 1 is 1.30 bits per heavy atom. The van der Waals surface area contributed by atoms with Gasteiger partial charge in [0.1, 0.15) is 0 Å². The third-order valence-electron chi connectivity index (χ3n) is 4.62. The standard InChI is InChI=1S/C18H28ClN/c1-3-5-11-18(4-2,14-20-17-9-10-17)13-15-7-6-8-16(19)12-15/h6-8,12,17,20H,3-5,9-11,13-14H2,1-2H3. The number of halogens is 1. The van der Waals surface area contributed by atoms with Crippen LogP contribution >= 0.6 is 11.6 Å². The zero-order valence-corrected chi connectivity index (χ0v) is 13.7. The van der Waals surface area contributed by atoms with Crippen molar-refractivity contribution in [1.29, 1.82) is 0 Å². The molecule has 1 aliphatic carbocycles. The van der Waals surface area contributed by atoms with Crippen LogP contribution in [0.15, 0.2) is 24.3 Å². The van der Waals surface area contributed by atoms with Crippen molar-refractivity contribution in [3.05, 3.63) is 34.9 Å². The van der Waals surface area contributed by atoms with Crippen molar-refractivity contribution in [2.24, 2.45) is 5.41 Å². The van der Waals surface area contributed by atoms with E-state index in [1.807, 2.05) is 6.07 Å². The van der Waals surface area contributed by atoms with Crippen LogP contribution in [0.4, 0.5) is 0 Å². The fraction of sp³-hybridized carbons (Fsp3) is 0.667. The summed E-state index contributed by atoms with van der Waals surface area (Å²) in [5.41, 5.74) is 1.77. The molecule has 112 valence electrons. The number of benzene rings is 1. The SMILES string of the molecule is CCCCC(CC)(CNC1CC1)Cc1cccc(Cl)c1. The van der Waals surface area contributed by atoms with Crippen LogP contribution in [0.5, 0.6) is 0 Å². The normalized spacial score (nSPS) is 17.9. The van der Waals surface area contributed by atoms with Crippen molar-refractivity contribution in [2.75, 3.05) is 6.54 Å². The number of hydrogen-bond acceptors (Lipinski definition) is 1. The molecule has 0 aromatic heterocycles. The van der Waals surface area contributed by atoms with E-state index >= 15 is 0 Å². The molecule has 1 fully saturated rings. The second-order valence-corrected chi connectivity index (χ2v) is 6.86. The molecule has 0 bridgehead atoms. The van der Waals surface area contributed by atoms with Crippen LogP contribution in [0.25, 0.3) is 0 Å². The summed E-state index contributed by atoms with van der Waals surface area (Å²) in [4.78, 5) is 0. The molecule has 20 heavy (non-hydrogen) atoms. The third kappa shape index (κ3) is 4.79. The summed E-state index contributed by atoms with van der Waals surface area (Å²) in [5, 5.41) is 4.62. The highest BCUT2D eigenvalue weighted by Gasteiger charge is 2.31. The van der Waals surface area contributed by atoms with Crippen LogP contribution in [-0.4, -0.2) is 12.6 Å². The number of nitrogens with one attached hydrogen (secondary N) is 1. The molecular weight excluding hydrogens is 266 g/mol. The highest BCUT2D eigenvalue weighted by atomic mass is 35.5. The quantitative estimate of drug-likeness (QED) is 0.658. The van der Waals surface area contributed by atoms with E-state index in [2.05, 4.69) is 37.4 Å². The molecular formula is C18H28ClN. The highest BCUT2D eigenvalue weighted by molar-refractivity contribution is 6.30. The minimum Gasteiger partial charge on any atom is -0.313 e. The molecule has 1 atom stereocenters. The molecule has 0 spiro atoms. The smallest absolute Gasteiger partial charge is 0.0408 e. The maximum atomic E-state index is 6.14. The van der Waals surface area contributed by atoms with Crippen molar-refractivity contribution in [3.8, 4) is 0 Å². The van der Waals surface area contributed by atoms with Crippen LogP contribution in [-0.2, 0) is 6.42 Å². The zero-order chi connectivity index (χ0) is 14.4. The van der Waals surface area contributed by atoms with Crippen LogP contribution in [0.3, 0.4) is 0 Å². The largest absolute Gasteiger partial charge is 0.313 e. The summed E-state index contributed by atoms with van der Waals surface area (Å²) in [5.74, 6) is 0. The Kier molecular flexibility index (Phi) is 5.92. The molecule has 0 saturated heterocycles. The first-order valence-corrected chi connectivity index (χ1v) is 8.53. The predicted molar refractivity (Wildman–Crippen MR) is 88.4 cm³/mol. The minimum absolute atomic E-state index is 0.392. The maximum absolute atomic E-state index is 6.14. The van der Waals surface area contributed by atoms with E-state index in [4.69, 9.17) is 11.6 Å². The first kappa shape index (κ1) is 15.9. The summed E-state index contributed by atoms with van der Waals surface area (Å²) in [6, 6.07) is 9.19. The van der Waals surface area contributed by atoms with Gasteiger partial charge in [0.05, 0.1) is 0 Å². The van der Waals surface area contributed by atoms with Gasteiger partial charge in [-0.25, -0.2) is 0 Å². The topological polar surface area (TPSA) is 12.0 Å². The summed E-state index contributed by atoms with van der Waals surface area (Å²) >= 11 is 6.14. The van der Waals surface area contributed by atoms with Crippen LogP contribution in [0.1, 0.15) is 57.9 Å². The Labute approximate surface area is 129 Å². The summed E-state index contributed by atoms with van der Waals surface area (Å²) in [7, 11) is 0. The third-order valence-corrected chi connectivity index (χ3v) is 4.86. The van der Waals surface area contributed by atoms with E-state index in [0.717, 1.165) is 24.0 Å². The summed E-state index contributed by atoms with van der Waals surface area (Å²) in [6.45, 7) is 5.78. The van der Waals surface area contributed by atoms with E-state index in [-0.39, 0.29) is 0 Å². The molecule has 0 aliphatic heterocycles. The number of unbranched alkanes of at least 4 members (excludes halogenated alkanes) is 1. The second kappa shape index (κ2) is 7.47. The van der Waals surface area contributed by atoms with Gasteiger partial charge in [-0.05, 0) is 55.2 Å². The van der Waals surface area contributed by atoms with E-state index in [9.17, 15) is 0 Å². The molecule has 1 aromatic rings. The Morgan fingerprint density at radius 3 is 2.70 bits per heavy atom. The molecule has 1 nitrogen and oxygen atoms in total. The predicted octanol–water partition coefficient (Wildman–Crippen LogP) is 5.22. The van der Waals surface area contributed by atoms with Gasteiger partial charge in [0.25, 0.3) is 0 Å². The number of rotatable bonds is 9. The first-order chi connectivity index (χ1) is 9.67. The van der Waals surface area contributed by atoms with Crippen molar-refractivity contribution in [2.45, 2.75) is 64.8 Å². The molecule has 0 radical (unpaired) electrons. The lowest BCUT2D eigenvalue weighted by atomic mass is 9.75. The summed E-state index contributed by atoms with van der Waals surface area (Å²) < 4.78 is 0. The van der Waals surface area contributed by atoms with Gasteiger partial charge in [0, 0.05) is 17.6 Å². The van der Waals surface area contributed by atoms with Crippen LogP contribution in [0, 0.1) is 5.41 Å². The lowest BCUT2D eigenvalue weighted by Crippen LogP contribution is -2.37. The van der Waals surface area contributed by atoms with Gasteiger partial charge in [-0.2, -0.15) is 0 Å². The van der Waals surface area contributed by atoms with Crippen molar-refractivity contribution in [1.82, 2.24) is 5.32 Å². The Morgan fingerprint density at radius 2 is 2.10 bits per heavy atom. The minimum atomic E-state index is 0.392. The molecule has 1 N–H and O–H groups in total. The Bertz CT molecular complexity index is 414. The first-order valence-electron chi connectivity index (χ1n) is 8.15. The molecule has 1 unspecified atom stereocenters. The van der Waals surface area contributed by atoms with Crippen LogP contribution in [0.2, 0.25) is 5.02 Å². The fourth-order valence-corrected chi connectivity index (χ4v) is 3.16. The zero-order valence-electron chi connectivity index (χ0n) is 12.9. The van der Waals surface area contributed by atoms with Crippen molar-refractivity contribution >= 4 is 11.6 Å². The van der Waals surface area contributed by atoms with E-state index in [1.165, 1.54) is 44.1 Å². The van der Waals surface area contributed by atoms with Gasteiger partial charge in [0.15, 0.2) is 0 Å². The lowest BCUT2D eigenvalue weighted by molar-refractivity contribution is 0.228. The molecule has 0 amide bonds. The Hall–Kier alpha value is -0.530. The highest BCUT2D eigenvalue weighted by Crippen LogP contribution is 2.34. The lowest BCUT2D eigenvalue weighted by Gasteiger charge is -2.34. The number of hydrogen-bond donors (Lipinski definition) is 1. The van der Waals surface area contributed by atoms with Gasteiger partial charge < -0.3 is 5.32 Å². The molecule has 1 aromatic carbocycles. The Balaban J connectivity index is 2.05.